The van der Waals surface area contributed by atoms with Crippen molar-refractivity contribution in [1.82, 2.24) is 15.2 Å². The summed E-state index contributed by atoms with van der Waals surface area (Å²) in [5.41, 5.74) is 7.18. The third-order valence-electron chi connectivity index (χ3n) is 4.95. The number of carbonyl (C=O) groups excluding carboxylic acids is 2. The highest BCUT2D eigenvalue weighted by Gasteiger charge is 2.24. The van der Waals surface area contributed by atoms with E-state index in [1.165, 1.54) is 19.2 Å². The molecular formula is C21H25ClN4O4. The van der Waals surface area contributed by atoms with E-state index in [0.29, 0.717) is 40.8 Å². The summed E-state index contributed by atoms with van der Waals surface area (Å²) in [4.78, 5) is 30.9. The Morgan fingerprint density at radius 1 is 1.30 bits per heavy atom. The first-order valence-electron chi connectivity index (χ1n) is 9.68. The van der Waals surface area contributed by atoms with Crippen molar-refractivity contribution >= 4 is 29.2 Å². The fourth-order valence-corrected chi connectivity index (χ4v) is 3.44. The Kier molecular flexibility index (Phi) is 7.48. The number of piperidine rings is 1. The quantitative estimate of drug-likeness (QED) is 0.510. The lowest BCUT2D eigenvalue weighted by atomic mass is 10.0. The number of halogens is 1. The zero-order valence-corrected chi connectivity index (χ0v) is 17.5. The van der Waals surface area contributed by atoms with E-state index in [9.17, 15) is 9.59 Å². The average Bonchev–Trinajstić information content (AvgIpc) is 2.76. The van der Waals surface area contributed by atoms with Crippen molar-refractivity contribution in [2.75, 3.05) is 32.5 Å². The number of nitrogens with one attached hydrogen (secondary N) is 1. The smallest absolute Gasteiger partial charge is 0.320 e. The van der Waals surface area contributed by atoms with Crippen LogP contribution in [0.3, 0.4) is 0 Å². The van der Waals surface area contributed by atoms with Gasteiger partial charge in [0, 0.05) is 31.4 Å². The number of anilines is 1. The Hall–Kier alpha value is -2.84. The van der Waals surface area contributed by atoms with Gasteiger partial charge in [-0.25, -0.2) is 0 Å². The molecule has 3 N–H and O–H groups in total. The minimum absolute atomic E-state index is 0.000626. The topological polar surface area (TPSA) is 107 Å². The number of methoxy groups -OCH3 is 1. The number of nitrogen functional groups attached to an aromatic ring is 1. The van der Waals surface area contributed by atoms with E-state index < -0.39 is 0 Å². The molecular weight excluding hydrogens is 408 g/mol. The second-order valence-corrected chi connectivity index (χ2v) is 7.49. The maximum Gasteiger partial charge on any atom is 0.320 e. The molecule has 8 nitrogen and oxygen atoms in total. The summed E-state index contributed by atoms with van der Waals surface area (Å²) in [5, 5.41) is 3.31. The number of likely N-dealkylation sites (tertiary alicyclic amines) is 1. The number of amides is 1. The van der Waals surface area contributed by atoms with Gasteiger partial charge in [-0.1, -0.05) is 17.7 Å². The Labute approximate surface area is 180 Å². The predicted molar refractivity (Wildman–Crippen MR) is 113 cm³/mol. The minimum atomic E-state index is -0.288. The van der Waals surface area contributed by atoms with Gasteiger partial charge in [0.25, 0.3) is 5.91 Å². The molecule has 0 unspecified atom stereocenters. The SMILES string of the molecule is COc1cc(N)c(Cl)cc1C(=O)NC1CCN(CC(=O)OCc2ccccn2)CC1. The van der Waals surface area contributed by atoms with Crippen LogP contribution in [-0.2, 0) is 16.1 Å². The maximum atomic E-state index is 12.7. The molecule has 1 saturated heterocycles. The van der Waals surface area contributed by atoms with E-state index in [0.717, 1.165) is 12.8 Å². The number of pyridine rings is 1. The Balaban J connectivity index is 1.45. The first kappa shape index (κ1) is 21.9. The summed E-state index contributed by atoms with van der Waals surface area (Å²) < 4.78 is 10.5. The van der Waals surface area contributed by atoms with Crippen LogP contribution >= 0.6 is 11.6 Å². The number of carbonyl (C=O) groups is 2. The van der Waals surface area contributed by atoms with Gasteiger partial charge in [0.15, 0.2) is 0 Å². The van der Waals surface area contributed by atoms with Crippen molar-refractivity contribution in [2.24, 2.45) is 0 Å². The molecule has 0 bridgehead atoms. The highest BCUT2D eigenvalue weighted by atomic mass is 35.5. The van der Waals surface area contributed by atoms with Crippen LogP contribution in [0.4, 0.5) is 5.69 Å². The zero-order chi connectivity index (χ0) is 21.5. The van der Waals surface area contributed by atoms with Crippen molar-refractivity contribution < 1.29 is 19.1 Å². The summed E-state index contributed by atoms with van der Waals surface area (Å²) in [7, 11) is 1.48. The average molecular weight is 433 g/mol. The molecule has 1 aromatic heterocycles. The lowest BCUT2D eigenvalue weighted by molar-refractivity contribution is -0.146. The fourth-order valence-electron chi connectivity index (χ4n) is 3.28. The zero-order valence-electron chi connectivity index (χ0n) is 16.8. The van der Waals surface area contributed by atoms with E-state index in [1.807, 2.05) is 23.1 Å². The number of rotatable bonds is 7. The van der Waals surface area contributed by atoms with Crippen LogP contribution in [0.5, 0.6) is 5.75 Å². The highest BCUT2D eigenvalue weighted by molar-refractivity contribution is 6.33. The summed E-state index contributed by atoms with van der Waals surface area (Å²) in [6, 6.07) is 8.52. The molecule has 160 valence electrons. The monoisotopic (exact) mass is 432 g/mol. The van der Waals surface area contributed by atoms with Crippen molar-refractivity contribution in [1.29, 1.82) is 0 Å². The molecule has 9 heteroatoms. The number of hydrogen-bond acceptors (Lipinski definition) is 7. The number of nitrogens with zero attached hydrogens (tertiary/aromatic N) is 2. The fraction of sp³-hybridized carbons (Fsp3) is 0.381. The molecule has 1 aliphatic rings. The molecule has 1 aromatic carbocycles. The van der Waals surface area contributed by atoms with Crippen LogP contribution in [-0.4, -0.2) is 54.5 Å². The number of aromatic nitrogens is 1. The molecule has 30 heavy (non-hydrogen) atoms. The molecule has 0 atom stereocenters. The summed E-state index contributed by atoms with van der Waals surface area (Å²) in [5.74, 6) is -0.172. The van der Waals surface area contributed by atoms with Gasteiger partial charge in [0.05, 0.1) is 35.6 Å². The van der Waals surface area contributed by atoms with Crippen LogP contribution in [0, 0.1) is 0 Å². The lowest BCUT2D eigenvalue weighted by Crippen LogP contribution is -2.46. The van der Waals surface area contributed by atoms with Crippen molar-refractivity contribution in [3.8, 4) is 5.75 Å². The Bertz CT molecular complexity index is 886. The van der Waals surface area contributed by atoms with E-state index in [2.05, 4.69) is 10.3 Å². The van der Waals surface area contributed by atoms with Gasteiger partial charge in [-0.3, -0.25) is 19.5 Å². The molecule has 0 aliphatic carbocycles. The molecule has 2 aromatic rings. The minimum Gasteiger partial charge on any atom is -0.496 e. The van der Waals surface area contributed by atoms with E-state index >= 15 is 0 Å². The molecule has 1 aliphatic heterocycles. The van der Waals surface area contributed by atoms with Gasteiger partial charge < -0.3 is 20.5 Å². The third kappa shape index (κ3) is 5.84. The van der Waals surface area contributed by atoms with Gasteiger partial charge in [-0.2, -0.15) is 0 Å². The van der Waals surface area contributed by atoms with Crippen LogP contribution in [0.15, 0.2) is 36.5 Å². The number of nitrogens with two attached hydrogens (primary N) is 1. The van der Waals surface area contributed by atoms with Gasteiger partial charge in [-0.05, 0) is 31.0 Å². The molecule has 0 saturated carbocycles. The van der Waals surface area contributed by atoms with Gasteiger partial charge in [0.1, 0.15) is 12.4 Å². The largest absolute Gasteiger partial charge is 0.496 e. The summed E-state index contributed by atoms with van der Waals surface area (Å²) in [6.45, 7) is 1.75. The first-order chi connectivity index (χ1) is 14.5. The number of benzene rings is 1. The van der Waals surface area contributed by atoms with Gasteiger partial charge >= 0.3 is 5.97 Å². The molecule has 2 heterocycles. The van der Waals surface area contributed by atoms with E-state index in [1.54, 1.807) is 6.20 Å². The molecule has 1 amide bonds. The molecule has 1 fully saturated rings. The standard InChI is InChI=1S/C21H25ClN4O4/c1-29-19-11-18(23)17(22)10-16(19)21(28)25-14-5-8-26(9-6-14)12-20(27)30-13-15-4-2-3-7-24-15/h2-4,7,10-11,14H,5-6,8-9,12-13,23H2,1H3,(H,25,28). The van der Waals surface area contributed by atoms with Crippen LogP contribution < -0.4 is 15.8 Å². The molecule has 0 spiro atoms. The second-order valence-electron chi connectivity index (χ2n) is 7.08. The van der Waals surface area contributed by atoms with Crippen molar-refractivity contribution in [3.63, 3.8) is 0 Å². The maximum absolute atomic E-state index is 12.7. The predicted octanol–water partition coefficient (Wildman–Crippen LogP) is 2.26. The molecule has 0 radical (unpaired) electrons. The number of esters is 1. The second kappa shape index (κ2) is 10.3. The van der Waals surface area contributed by atoms with Crippen molar-refractivity contribution in [2.45, 2.75) is 25.5 Å². The number of hydrogen-bond donors (Lipinski definition) is 2. The molecule has 3 rings (SSSR count). The first-order valence-corrected chi connectivity index (χ1v) is 10.1. The van der Waals surface area contributed by atoms with Crippen LogP contribution in [0.25, 0.3) is 0 Å². The lowest BCUT2D eigenvalue weighted by Gasteiger charge is -2.31. The Morgan fingerprint density at radius 2 is 2.07 bits per heavy atom. The third-order valence-corrected chi connectivity index (χ3v) is 5.27. The summed E-state index contributed by atoms with van der Waals surface area (Å²) >= 11 is 6.05. The van der Waals surface area contributed by atoms with Gasteiger partial charge in [-0.15, -0.1) is 0 Å². The van der Waals surface area contributed by atoms with Crippen molar-refractivity contribution in [3.05, 3.63) is 52.8 Å². The van der Waals surface area contributed by atoms with Crippen LogP contribution in [0.2, 0.25) is 5.02 Å². The van der Waals surface area contributed by atoms with Crippen LogP contribution in [0.1, 0.15) is 28.9 Å². The highest BCUT2D eigenvalue weighted by Crippen LogP contribution is 2.29. The normalized spacial score (nSPS) is 14.9. The van der Waals surface area contributed by atoms with E-state index in [-0.39, 0.29) is 31.1 Å². The van der Waals surface area contributed by atoms with E-state index in [4.69, 9.17) is 26.8 Å². The number of ether oxygens (including phenoxy) is 2. The van der Waals surface area contributed by atoms with Gasteiger partial charge in [0.2, 0.25) is 0 Å². The Morgan fingerprint density at radius 3 is 2.73 bits per heavy atom. The summed E-state index contributed by atoms with van der Waals surface area (Å²) in [6.07, 6.45) is 3.12.